The molecular weight excluding hydrogens is 372 g/mol. The van der Waals surface area contributed by atoms with Crippen molar-refractivity contribution in [2.45, 2.75) is 38.8 Å². The van der Waals surface area contributed by atoms with Crippen molar-refractivity contribution in [2.24, 2.45) is 0 Å². The van der Waals surface area contributed by atoms with Crippen LogP contribution in [0.5, 0.6) is 0 Å². The summed E-state index contributed by atoms with van der Waals surface area (Å²) in [6.45, 7) is 1.01. The average molecular weight is 392 g/mol. The van der Waals surface area contributed by atoms with Crippen LogP contribution in [0.3, 0.4) is 0 Å². The van der Waals surface area contributed by atoms with Gasteiger partial charge < -0.3 is 4.74 Å². The van der Waals surface area contributed by atoms with Crippen LogP contribution >= 0.6 is 0 Å². The van der Waals surface area contributed by atoms with E-state index in [-0.39, 0.29) is 16.6 Å². The van der Waals surface area contributed by atoms with Crippen LogP contribution in [0, 0.1) is 0 Å². The van der Waals surface area contributed by atoms with Crippen molar-refractivity contribution in [3.63, 3.8) is 0 Å². The summed E-state index contributed by atoms with van der Waals surface area (Å²) < 4.78 is 6.13. The molecule has 148 valence electrons. The minimum Gasteiger partial charge on any atom is -0.453 e. The summed E-state index contributed by atoms with van der Waals surface area (Å²) in [6.07, 6.45) is 2.05. The van der Waals surface area contributed by atoms with Crippen molar-refractivity contribution in [1.29, 1.82) is 0 Å². The van der Waals surface area contributed by atoms with E-state index in [1.54, 1.807) is 18.2 Å². The molecular formula is C22H20N2O5. The summed E-state index contributed by atoms with van der Waals surface area (Å²) in [6, 6.07) is 11.9. The van der Waals surface area contributed by atoms with Gasteiger partial charge >= 0.3 is 5.97 Å². The number of ether oxygens (including phenoxy) is 1. The second-order valence-corrected chi connectivity index (χ2v) is 7.21. The Balaban J connectivity index is 1.49. The molecule has 1 heterocycles. The van der Waals surface area contributed by atoms with Gasteiger partial charge in [0.05, 0.1) is 10.8 Å². The number of fused-ring (bicyclic) bond motifs is 2. The third-order valence-electron chi connectivity index (χ3n) is 5.23. The largest absolute Gasteiger partial charge is 0.453 e. The number of nitrogens with zero attached hydrogens (tertiary/aromatic N) is 1. The number of carbonyl (C=O) groups is 2. The summed E-state index contributed by atoms with van der Waals surface area (Å²) in [4.78, 5) is 49.5. The molecule has 7 heteroatoms. The van der Waals surface area contributed by atoms with Crippen LogP contribution in [0.15, 0.2) is 52.1 Å². The van der Waals surface area contributed by atoms with Gasteiger partial charge in [-0.05, 0) is 55.5 Å². The lowest BCUT2D eigenvalue weighted by molar-refractivity contribution is -0.147. The van der Waals surface area contributed by atoms with E-state index in [4.69, 9.17) is 4.74 Å². The molecule has 0 unspecified atom stereocenters. The van der Waals surface area contributed by atoms with Crippen molar-refractivity contribution in [3.05, 3.63) is 79.9 Å². The lowest BCUT2D eigenvalue weighted by Crippen LogP contribution is -2.34. The Morgan fingerprint density at radius 1 is 1.07 bits per heavy atom. The molecule has 0 saturated heterocycles. The number of hydrogen-bond donors (Lipinski definition) is 1. The smallest absolute Gasteiger partial charge is 0.328 e. The van der Waals surface area contributed by atoms with Crippen LogP contribution < -0.4 is 11.1 Å². The number of aryl methyl sites for hydroxylation is 2. The predicted molar refractivity (Wildman–Crippen MR) is 107 cm³/mol. The van der Waals surface area contributed by atoms with E-state index in [9.17, 15) is 19.2 Å². The van der Waals surface area contributed by atoms with Gasteiger partial charge in [0.25, 0.3) is 11.1 Å². The average Bonchev–Trinajstić information content (AvgIpc) is 3.19. The third kappa shape index (κ3) is 3.63. The minimum absolute atomic E-state index is 0.214. The third-order valence-corrected chi connectivity index (χ3v) is 5.23. The van der Waals surface area contributed by atoms with Crippen molar-refractivity contribution in [2.75, 3.05) is 0 Å². The second-order valence-electron chi connectivity index (χ2n) is 7.21. The Kier molecular flexibility index (Phi) is 4.88. The Labute approximate surface area is 165 Å². The zero-order chi connectivity index (χ0) is 20.5. The first-order valence-electron chi connectivity index (χ1n) is 9.51. The number of aromatic amines is 1. The maximum absolute atomic E-state index is 12.6. The minimum atomic E-state index is -0.996. The molecule has 0 saturated carbocycles. The standard InChI is InChI=1S/C22H20N2O5/c1-13(20(26)16-10-9-14-5-4-6-15(14)11-16)29-19(25)12-24-22(28)18-8-3-2-7-17(18)21(27)23-24/h2-3,7-11,13H,4-6,12H2,1H3,(H,23,27)/t13-/m0/s1. The first-order valence-corrected chi connectivity index (χ1v) is 9.51. The Bertz CT molecular complexity index is 1240. The van der Waals surface area contributed by atoms with Gasteiger partial charge in [0.2, 0.25) is 5.78 Å². The van der Waals surface area contributed by atoms with E-state index >= 15 is 0 Å². The van der Waals surface area contributed by atoms with Gasteiger partial charge in [0.1, 0.15) is 6.54 Å². The van der Waals surface area contributed by atoms with Crippen LogP contribution in [0.1, 0.15) is 34.8 Å². The Morgan fingerprint density at radius 3 is 2.59 bits per heavy atom. The molecule has 0 spiro atoms. The molecule has 1 atom stereocenters. The quantitative estimate of drug-likeness (QED) is 0.529. The van der Waals surface area contributed by atoms with Crippen molar-refractivity contribution < 1.29 is 14.3 Å². The van der Waals surface area contributed by atoms with Gasteiger partial charge in [-0.1, -0.05) is 24.3 Å². The highest BCUT2D eigenvalue weighted by Gasteiger charge is 2.22. The number of benzene rings is 2. The lowest BCUT2D eigenvalue weighted by atomic mass is 10.0. The molecule has 1 aliphatic carbocycles. The Hall–Kier alpha value is -3.48. The summed E-state index contributed by atoms with van der Waals surface area (Å²) in [5.74, 6) is -1.08. The van der Waals surface area contributed by atoms with Crippen molar-refractivity contribution >= 4 is 22.5 Å². The fourth-order valence-corrected chi connectivity index (χ4v) is 3.73. The first-order chi connectivity index (χ1) is 13.9. The van der Waals surface area contributed by atoms with Gasteiger partial charge in [-0.3, -0.25) is 24.3 Å². The monoisotopic (exact) mass is 392 g/mol. The molecule has 3 aromatic rings. The molecule has 0 amide bonds. The highest BCUT2D eigenvalue weighted by atomic mass is 16.5. The highest BCUT2D eigenvalue weighted by molar-refractivity contribution is 6.00. The van der Waals surface area contributed by atoms with Crippen LogP contribution in [-0.2, 0) is 28.9 Å². The molecule has 0 bridgehead atoms. The van der Waals surface area contributed by atoms with Crippen LogP contribution in [-0.4, -0.2) is 27.6 Å². The number of hydrogen-bond acceptors (Lipinski definition) is 5. The van der Waals surface area contributed by atoms with E-state index in [0.717, 1.165) is 29.5 Å². The second kappa shape index (κ2) is 7.50. The van der Waals surface area contributed by atoms with E-state index in [1.807, 2.05) is 12.1 Å². The number of Topliss-reactive ketones (excluding diaryl/α,β-unsaturated/α-hetero) is 1. The molecule has 4 rings (SSSR count). The molecule has 7 nitrogen and oxygen atoms in total. The van der Waals surface area contributed by atoms with Crippen molar-refractivity contribution in [1.82, 2.24) is 9.78 Å². The first kappa shape index (κ1) is 18.9. The van der Waals surface area contributed by atoms with E-state index in [1.165, 1.54) is 24.6 Å². The number of rotatable bonds is 5. The molecule has 29 heavy (non-hydrogen) atoms. The molecule has 2 aromatic carbocycles. The van der Waals surface area contributed by atoms with Gasteiger partial charge in [-0.25, -0.2) is 4.68 Å². The van der Waals surface area contributed by atoms with Gasteiger partial charge in [-0.2, -0.15) is 0 Å². The van der Waals surface area contributed by atoms with Gasteiger partial charge in [0, 0.05) is 5.56 Å². The van der Waals surface area contributed by atoms with Crippen LogP contribution in [0.4, 0.5) is 0 Å². The van der Waals surface area contributed by atoms with Gasteiger partial charge in [-0.15, -0.1) is 0 Å². The molecule has 0 aliphatic heterocycles. The molecule has 1 aromatic heterocycles. The molecule has 0 fully saturated rings. The van der Waals surface area contributed by atoms with E-state index < -0.39 is 29.7 Å². The number of ketones is 1. The summed E-state index contributed by atoms with van der Waals surface area (Å²) >= 11 is 0. The predicted octanol–water partition coefficient (Wildman–Crippen LogP) is 1.99. The summed E-state index contributed by atoms with van der Waals surface area (Å²) in [5.41, 5.74) is 1.94. The molecule has 1 aliphatic rings. The number of nitrogens with one attached hydrogen (secondary N) is 1. The highest BCUT2D eigenvalue weighted by Crippen LogP contribution is 2.23. The lowest BCUT2D eigenvalue weighted by Gasteiger charge is -2.14. The number of aromatic nitrogens is 2. The van der Waals surface area contributed by atoms with E-state index in [2.05, 4.69) is 5.10 Å². The SMILES string of the molecule is C[C@H](OC(=O)Cn1[nH]c(=O)c2ccccc2c1=O)C(=O)c1ccc2c(c1)CCC2. The van der Waals surface area contributed by atoms with Crippen molar-refractivity contribution in [3.8, 4) is 0 Å². The summed E-state index contributed by atoms with van der Waals surface area (Å²) in [7, 11) is 0. The zero-order valence-corrected chi connectivity index (χ0v) is 15.9. The number of esters is 1. The maximum atomic E-state index is 12.6. The normalized spacial score (nSPS) is 13.8. The van der Waals surface area contributed by atoms with Gasteiger partial charge in [0.15, 0.2) is 6.10 Å². The summed E-state index contributed by atoms with van der Waals surface area (Å²) in [5, 5.41) is 2.84. The molecule has 1 N–H and O–H groups in total. The fourth-order valence-electron chi connectivity index (χ4n) is 3.73. The van der Waals surface area contributed by atoms with Crippen LogP contribution in [0.25, 0.3) is 10.8 Å². The van der Waals surface area contributed by atoms with E-state index in [0.29, 0.717) is 5.56 Å². The number of carbonyl (C=O) groups excluding carboxylic acids is 2. The maximum Gasteiger partial charge on any atom is 0.328 e. The zero-order valence-electron chi connectivity index (χ0n) is 15.9. The topological polar surface area (TPSA) is 98.2 Å². The molecule has 0 radical (unpaired) electrons. The van der Waals surface area contributed by atoms with Crippen LogP contribution in [0.2, 0.25) is 0 Å². The fraction of sp³-hybridized carbons (Fsp3) is 0.273. The Morgan fingerprint density at radius 2 is 1.79 bits per heavy atom. The number of H-pyrrole nitrogens is 1.